The highest BCUT2D eigenvalue weighted by Gasteiger charge is 2.11. The molecule has 3 heteroatoms. The second-order valence-corrected chi connectivity index (χ2v) is 4.18. The number of ether oxygens (including phenoxy) is 1. The molecule has 2 N–H and O–H groups in total. The molecule has 2 nitrogen and oxygen atoms in total. The average molecular weight is 245 g/mol. The van der Waals surface area contributed by atoms with Crippen molar-refractivity contribution in [3.63, 3.8) is 0 Å². The van der Waals surface area contributed by atoms with Crippen LogP contribution in [0.3, 0.4) is 0 Å². The van der Waals surface area contributed by atoms with Crippen LogP contribution in [0, 0.1) is 5.82 Å². The molecule has 18 heavy (non-hydrogen) atoms. The van der Waals surface area contributed by atoms with Crippen molar-refractivity contribution in [1.82, 2.24) is 0 Å². The SMILES string of the molecule is COc1ccc(CC(N)c2ccccc2F)cc1. The van der Waals surface area contributed by atoms with E-state index in [4.69, 9.17) is 10.5 Å². The maximum Gasteiger partial charge on any atom is 0.127 e. The Kier molecular flexibility index (Phi) is 3.95. The lowest BCUT2D eigenvalue weighted by Crippen LogP contribution is -2.14. The lowest BCUT2D eigenvalue weighted by Gasteiger charge is -2.13. The Morgan fingerprint density at radius 3 is 2.39 bits per heavy atom. The van der Waals surface area contributed by atoms with Crippen molar-refractivity contribution in [3.05, 3.63) is 65.5 Å². The molecule has 0 radical (unpaired) electrons. The molecule has 0 amide bonds. The van der Waals surface area contributed by atoms with Gasteiger partial charge in [-0.05, 0) is 30.2 Å². The van der Waals surface area contributed by atoms with Crippen LogP contribution in [0.5, 0.6) is 5.75 Å². The third-order valence-corrected chi connectivity index (χ3v) is 2.92. The fraction of sp³-hybridized carbons (Fsp3) is 0.200. The molecule has 0 aliphatic heterocycles. The quantitative estimate of drug-likeness (QED) is 0.898. The molecule has 94 valence electrons. The van der Waals surface area contributed by atoms with Gasteiger partial charge in [-0.1, -0.05) is 30.3 Å². The second kappa shape index (κ2) is 5.65. The Labute approximate surface area is 106 Å². The summed E-state index contributed by atoms with van der Waals surface area (Å²) in [5.74, 6) is 0.553. The standard InChI is InChI=1S/C15H16FNO/c1-18-12-8-6-11(7-9-12)10-15(17)13-4-2-3-5-14(13)16/h2-9,15H,10,17H2,1H3. The van der Waals surface area contributed by atoms with Crippen molar-refractivity contribution in [2.45, 2.75) is 12.5 Å². The highest BCUT2D eigenvalue weighted by molar-refractivity contribution is 5.29. The molecule has 2 aromatic carbocycles. The van der Waals surface area contributed by atoms with E-state index in [-0.39, 0.29) is 11.9 Å². The van der Waals surface area contributed by atoms with Gasteiger partial charge >= 0.3 is 0 Å². The third kappa shape index (κ3) is 2.87. The average Bonchev–Trinajstić information content (AvgIpc) is 2.40. The summed E-state index contributed by atoms with van der Waals surface area (Å²) in [6.45, 7) is 0. The predicted octanol–water partition coefficient (Wildman–Crippen LogP) is 3.08. The molecule has 2 rings (SSSR count). The Bertz CT molecular complexity index is 510. The summed E-state index contributed by atoms with van der Waals surface area (Å²) in [6.07, 6.45) is 0.602. The Hall–Kier alpha value is -1.87. The van der Waals surface area contributed by atoms with Gasteiger partial charge in [0, 0.05) is 11.6 Å². The lowest BCUT2D eigenvalue weighted by molar-refractivity contribution is 0.414. The smallest absolute Gasteiger partial charge is 0.127 e. The maximum atomic E-state index is 13.6. The van der Waals surface area contributed by atoms with E-state index in [1.54, 1.807) is 25.3 Å². The minimum absolute atomic E-state index is 0.251. The first-order chi connectivity index (χ1) is 8.70. The van der Waals surface area contributed by atoms with Crippen molar-refractivity contribution in [1.29, 1.82) is 0 Å². The van der Waals surface area contributed by atoms with E-state index < -0.39 is 0 Å². The molecule has 0 aliphatic carbocycles. The van der Waals surface area contributed by atoms with E-state index in [9.17, 15) is 4.39 Å². The second-order valence-electron chi connectivity index (χ2n) is 4.18. The van der Waals surface area contributed by atoms with E-state index in [0.717, 1.165) is 11.3 Å². The van der Waals surface area contributed by atoms with Gasteiger partial charge in [-0.15, -0.1) is 0 Å². The molecule has 0 saturated carbocycles. The van der Waals surface area contributed by atoms with E-state index in [1.165, 1.54) is 6.07 Å². The molecular weight excluding hydrogens is 229 g/mol. The van der Waals surface area contributed by atoms with Crippen LogP contribution >= 0.6 is 0 Å². The summed E-state index contributed by atoms with van der Waals surface area (Å²) in [5.41, 5.74) is 7.64. The summed E-state index contributed by atoms with van der Waals surface area (Å²) in [6, 6.07) is 13.9. The summed E-state index contributed by atoms with van der Waals surface area (Å²) in [5, 5.41) is 0. The third-order valence-electron chi connectivity index (χ3n) is 2.92. The zero-order valence-electron chi connectivity index (χ0n) is 10.3. The minimum Gasteiger partial charge on any atom is -0.497 e. The first-order valence-corrected chi connectivity index (χ1v) is 5.83. The first-order valence-electron chi connectivity index (χ1n) is 5.83. The van der Waals surface area contributed by atoms with Crippen molar-refractivity contribution in [3.8, 4) is 5.75 Å². The van der Waals surface area contributed by atoms with Crippen molar-refractivity contribution in [2.75, 3.05) is 7.11 Å². The zero-order valence-corrected chi connectivity index (χ0v) is 10.3. The molecule has 0 bridgehead atoms. The van der Waals surface area contributed by atoms with Crippen molar-refractivity contribution >= 4 is 0 Å². The Balaban J connectivity index is 2.11. The van der Waals surface area contributed by atoms with Gasteiger partial charge < -0.3 is 10.5 Å². The van der Waals surface area contributed by atoms with E-state index in [1.807, 2.05) is 24.3 Å². The molecule has 0 heterocycles. The monoisotopic (exact) mass is 245 g/mol. The highest BCUT2D eigenvalue weighted by Crippen LogP contribution is 2.20. The fourth-order valence-electron chi connectivity index (χ4n) is 1.90. The van der Waals surface area contributed by atoms with Crippen LogP contribution in [0.15, 0.2) is 48.5 Å². The van der Waals surface area contributed by atoms with Gasteiger partial charge in [0.2, 0.25) is 0 Å². The topological polar surface area (TPSA) is 35.2 Å². The van der Waals surface area contributed by atoms with Gasteiger partial charge in [0.1, 0.15) is 11.6 Å². The van der Waals surface area contributed by atoms with E-state index in [0.29, 0.717) is 12.0 Å². The molecule has 0 aromatic heterocycles. The molecule has 0 spiro atoms. The molecular formula is C15H16FNO. The first kappa shape index (κ1) is 12.6. The molecule has 2 aromatic rings. The molecule has 1 unspecified atom stereocenters. The van der Waals surface area contributed by atoms with Crippen LogP contribution in [0.25, 0.3) is 0 Å². The maximum absolute atomic E-state index is 13.6. The van der Waals surface area contributed by atoms with Crippen LogP contribution in [-0.2, 0) is 6.42 Å². The van der Waals surface area contributed by atoms with Crippen LogP contribution in [0.1, 0.15) is 17.2 Å². The van der Waals surface area contributed by atoms with Gasteiger partial charge in [-0.25, -0.2) is 4.39 Å². The zero-order chi connectivity index (χ0) is 13.0. The van der Waals surface area contributed by atoms with E-state index >= 15 is 0 Å². The van der Waals surface area contributed by atoms with Crippen LogP contribution in [0.2, 0.25) is 0 Å². The lowest BCUT2D eigenvalue weighted by atomic mass is 9.99. The number of rotatable bonds is 4. The number of halogens is 1. The highest BCUT2D eigenvalue weighted by atomic mass is 19.1. The summed E-state index contributed by atoms with van der Waals surface area (Å²) in [4.78, 5) is 0. The number of benzene rings is 2. The summed E-state index contributed by atoms with van der Waals surface area (Å²) in [7, 11) is 1.63. The van der Waals surface area contributed by atoms with Gasteiger partial charge in [0.05, 0.1) is 7.11 Å². The number of methoxy groups -OCH3 is 1. The minimum atomic E-state index is -0.334. The van der Waals surface area contributed by atoms with E-state index in [2.05, 4.69) is 0 Å². The van der Waals surface area contributed by atoms with Crippen molar-refractivity contribution < 1.29 is 9.13 Å². The number of nitrogens with two attached hydrogens (primary N) is 1. The van der Waals surface area contributed by atoms with Crippen molar-refractivity contribution in [2.24, 2.45) is 5.73 Å². The normalized spacial score (nSPS) is 12.2. The number of hydrogen-bond donors (Lipinski definition) is 1. The van der Waals surface area contributed by atoms with Crippen LogP contribution < -0.4 is 10.5 Å². The van der Waals surface area contributed by atoms with Crippen LogP contribution in [-0.4, -0.2) is 7.11 Å². The largest absolute Gasteiger partial charge is 0.497 e. The van der Waals surface area contributed by atoms with Gasteiger partial charge in [0.25, 0.3) is 0 Å². The molecule has 0 saturated heterocycles. The molecule has 0 fully saturated rings. The van der Waals surface area contributed by atoms with Crippen LogP contribution in [0.4, 0.5) is 4.39 Å². The van der Waals surface area contributed by atoms with Gasteiger partial charge in [0.15, 0.2) is 0 Å². The van der Waals surface area contributed by atoms with Gasteiger partial charge in [-0.2, -0.15) is 0 Å². The fourth-order valence-corrected chi connectivity index (χ4v) is 1.90. The predicted molar refractivity (Wildman–Crippen MR) is 70.0 cm³/mol. The summed E-state index contributed by atoms with van der Waals surface area (Å²) >= 11 is 0. The molecule has 0 aliphatic rings. The Morgan fingerprint density at radius 2 is 1.78 bits per heavy atom. The summed E-state index contributed by atoms with van der Waals surface area (Å²) < 4.78 is 18.6. The Morgan fingerprint density at radius 1 is 1.11 bits per heavy atom. The molecule has 1 atom stereocenters. The van der Waals surface area contributed by atoms with Gasteiger partial charge in [-0.3, -0.25) is 0 Å². The number of hydrogen-bond acceptors (Lipinski definition) is 2.